The molecule has 0 aliphatic heterocycles. The van der Waals surface area contributed by atoms with Gasteiger partial charge in [0, 0.05) is 13.2 Å². The van der Waals surface area contributed by atoms with Gasteiger partial charge in [-0.25, -0.2) is 0 Å². The lowest BCUT2D eigenvalue weighted by atomic mass is 10.2. The van der Waals surface area contributed by atoms with Crippen molar-refractivity contribution >= 4 is 27.6 Å². The SMILES string of the molecule is CC(=O)CC(=O)OC(C)(C)C.CC[O][AlH][O]CC. The Morgan fingerprint density at radius 1 is 1.06 bits per heavy atom. The maximum absolute atomic E-state index is 10.8. The lowest BCUT2D eigenvalue weighted by molar-refractivity contribution is -0.155. The molecule has 0 bridgehead atoms. The van der Waals surface area contributed by atoms with Crippen LogP contribution < -0.4 is 0 Å². The second-order valence-corrected chi connectivity index (χ2v) is 5.62. The maximum atomic E-state index is 10.8. The number of hydrogen-bond donors (Lipinski definition) is 0. The topological polar surface area (TPSA) is 61.8 Å². The Morgan fingerprint density at radius 3 is 1.78 bits per heavy atom. The molecule has 0 atom stereocenters. The van der Waals surface area contributed by atoms with E-state index in [9.17, 15) is 9.59 Å². The number of carbonyl (C=O) groups excluding carboxylic acids is 2. The van der Waals surface area contributed by atoms with E-state index >= 15 is 0 Å². The van der Waals surface area contributed by atoms with Gasteiger partial charge in [0.15, 0.2) is 0 Å². The zero-order valence-corrected chi connectivity index (χ0v) is 13.8. The zero-order valence-electron chi connectivity index (χ0n) is 12.4. The van der Waals surface area contributed by atoms with Crippen LogP contribution in [0.2, 0.25) is 0 Å². The standard InChI is InChI=1S/C8H14O3.2C2H5O.Al.H/c1-6(9)5-7(10)11-8(2,3)4;2*1-2-3;;/h5H2,1-4H3;2*2H2,1H3;;/q;2*-1;+2;. The van der Waals surface area contributed by atoms with E-state index in [1.807, 2.05) is 13.8 Å². The van der Waals surface area contributed by atoms with Crippen LogP contribution in [0.5, 0.6) is 0 Å². The van der Waals surface area contributed by atoms with Crippen LogP contribution in [-0.4, -0.2) is 46.5 Å². The first-order valence-electron chi connectivity index (χ1n) is 6.09. The Bertz CT molecular complexity index is 231. The van der Waals surface area contributed by atoms with Gasteiger partial charge >= 0.3 is 21.9 Å². The van der Waals surface area contributed by atoms with Gasteiger partial charge in [0.25, 0.3) is 0 Å². The summed E-state index contributed by atoms with van der Waals surface area (Å²) in [5.41, 5.74) is -0.494. The molecule has 0 saturated carbocycles. The zero-order chi connectivity index (χ0) is 14.6. The molecule has 0 aromatic carbocycles. The highest BCUT2D eigenvalue weighted by Gasteiger charge is 2.16. The minimum Gasteiger partial charge on any atom is -0.481 e. The molecule has 0 aromatic rings. The molecule has 0 aromatic heterocycles. The van der Waals surface area contributed by atoms with Crippen LogP contribution in [0.1, 0.15) is 48.0 Å². The first-order chi connectivity index (χ1) is 8.22. The molecular formula is C12H25AlO5. The van der Waals surface area contributed by atoms with Gasteiger partial charge in [0.2, 0.25) is 0 Å². The molecule has 0 rings (SSSR count). The van der Waals surface area contributed by atoms with Gasteiger partial charge < -0.3 is 12.3 Å². The van der Waals surface area contributed by atoms with Gasteiger partial charge in [-0.05, 0) is 41.5 Å². The Labute approximate surface area is 117 Å². The first-order valence-corrected chi connectivity index (χ1v) is 7.25. The molecule has 0 unspecified atom stereocenters. The van der Waals surface area contributed by atoms with Gasteiger partial charge in [0.05, 0.1) is 0 Å². The lowest BCUT2D eigenvalue weighted by Crippen LogP contribution is -2.24. The summed E-state index contributed by atoms with van der Waals surface area (Å²) in [5.74, 6) is -0.621. The summed E-state index contributed by atoms with van der Waals surface area (Å²) in [6, 6.07) is 0. The molecule has 0 saturated heterocycles. The molecule has 0 N–H and O–H groups in total. The third kappa shape index (κ3) is 20.9. The number of Topliss-reactive ketones (excluding diaryl/α,β-unsaturated/α-hetero) is 1. The molecule has 5 nitrogen and oxygen atoms in total. The second-order valence-electron chi connectivity index (χ2n) is 4.57. The van der Waals surface area contributed by atoms with Crippen LogP contribution in [0, 0.1) is 0 Å². The highest BCUT2D eigenvalue weighted by atomic mass is 27.2. The van der Waals surface area contributed by atoms with Gasteiger partial charge in [0.1, 0.15) is 17.8 Å². The van der Waals surface area contributed by atoms with E-state index in [1.165, 1.54) is 6.92 Å². The van der Waals surface area contributed by atoms with Crippen LogP contribution in [0.15, 0.2) is 0 Å². The molecular weight excluding hydrogens is 251 g/mol. The van der Waals surface area contributed by atoms with Gasteiger partial charge in [-0.15, -0.1) is 0 Å². The Kier molecular flexibility index (Phi) is 12.9. The summed E-state index contributed by atoms with van der Waals surface area (Å²) in [5, 5.41) is 0. The number of ketones is 1. The van der Waals surface area contributed by atoms with E-state index in [1.54, 1.807) is 20.8 Å². The Hall–Kier alpha value is -0.408. The molecule has 0 amide bonds. The van der Waals surface area contributed by atoms with Crippen molar-refractivity contribution in [1.82, 2.24) is 0 Å². The third-order valence-corrected chi connectivity index (χ3v) is 2.54. The van der Waals surface area contributed by atoms with Crippen molar-refractivity contribution in [3.8, 4) is 0 Å². The van der Waals surface area contributed by atoms with E-state index < -0.39 is 27.5 Å². The molecule has 0 radical (unpaired) electrons. The van der Waals surface area contributed by atoms with Crippen LogP contribution in [0.3, 0.4) is 0 Å². The van der Waals surface area contributed by atoms with Crippen LogP contribution in [-0.2, 0) is 21.9 Å². The molecule has 6 heteroatoms. The van der Waals surface area contributed by atoms with Crippen molar-refractivity contribution in [3.05, 3.63) is 0 Å². The van der Waals surface area contributed by atoms with Crippen LogP contribution in [0.4, 0.5) is 0 Å². The maximum Gasteiger partial charge on any atom is 0.649 e. The van der Waals surface area contributed by atoms with E-state index in [0.29, 0.717) is 0 Å². The number of rotatable bonds is 6. The molecule has 0 aliphatic carbocycles. The van der Waals surface area contributed by atoms with Crippen LogP contribution in [0.25, 0.3) is 0 Å². The summed E-state index contributed by atoms with van der Waals surface area (Å²) in [4.78, 5) is 21.3. The van der Waals surface area contributed by atoms with Crippen molar-refractivity contribution < 1.29 is 21.9 Å². The average molecular weight is 276 g/mol. The number of carbonyl (C=O) groups is 2. The predicted octanol–water partition coefficient (Wildman–Crippen LogP) is 1.63. The number of ether oxygens (including phenoxy) is 1. The number of esters is 1. The van der Waals surface area contributed by atoms with E-state index in [0.717, 1.165) is 13.2 Å². The minimum absolute atomic E-state index is 0.128. The highest BCUT2D eigenvalue weighted by molar-refractivity contribution is 6.17. The van der Waals surface area contributed by atoms with E-state index in [-0.39, 0.29) is 12.2 Å². The fourth-order valence-electron chi connectivity index (χ4n) is 0.806. The fraction of sp³-hybridized carbons (Fsp3) is 0.833. The summed E-state index contributed by atoms with van der Waals surface area (Å²) >= 11 is -0.589. The number of hydrogen-bond acceptors (Lipinski definition) is 5. The van der Waals surface area contributed by atoms with Gasteiger partial charge in [-0.1, -0.05) is 0 Å². The van der Waals surface area contributed by atoms with Crippen molar-refractivity contribution in [2.24, 2.45) is 0 Å². The van der Waals surface area contributed by atoms with Crippen molar-refractivity contribution in [1.29, 1.82) is 0 Å². The van der Waals surface area contributed by atoms with Crippen molar-refractivity contribution in [3.63, 3.8) is 0 Å². The molecule has 0 fully saturated rings. The molecule has 18 heavy (non-hydrogen) atoms. The van der Waals surface area contributed by atoms with Crippen molar-refractivity contribution in [2.45, 2.75) is 53.6 Å². The minimum atomic E-state index is -0.589. The molecule has 0 heterocycles. The summed E-state index contributed by atoms with van der Waals surface area (Å²) in [6.45, 7) is 12.2. The summed E-state index contributed by atoms with van der Waals surface area (Å²) in [7, 11) is 0. The quantitative estimate of drug-likeness (QED) is 0.319. The Morgan fingerprint density at radius 2 is 1.50 bits per heavy atom. The summed E-state index contributed by atoms with van der Waals surface area (Å²) < 4.78 is 14.9. The second kappa shape index (κ2) is 11.7. The van der Waals surface area contributed by atoms with Crippen molar-refractivity contribution in [2.75, 3.05) is 13.2 Å². The molecule has 106 valence electrons. The largest absolute Gasteiger partial charge is 0.649 e. The highest BCUT2D eigenvalue weighted by Crippen LogP contribution is 2.07. The van der Waals surface area contributed by atoms with E-state index in [2.05, 4.69) is 0 Å². The monoisotopic (exact) mass is 276 g/mol. The predicted molar refractivity (Wildman–Crippen MR) is 71.5 cm³/mol. The Balaban J connectivity index is 0. The summed E-state index contributed by atoms with van der Waals surface area (Å²) in [6.07, 6.45) is -0.128. The normalized spacial score (nSPS) is 10.1. The van der Waals surface area contributed by atoms with E-state index in [4.69, 9.17) is 12.3 Å². The van der Waals surface area contributed by atoms with Gasteiger partial charge in [-0.2, -0.15) is 0 Å². The third-order valence-electron chi connectivity index (χ3n) is 1.39. The lowest BCUT2D eigenvalue weighted by Gasteiger charge is -2.18. The first kappa shape index (κ1) is 19.9. The average Bonchev–Trinajstić information content (AvgIpc) is 2.15. The van der Waals surface area contributed by atoms with Gasteiger partial charge in [-0.3, -0.25) is 9.59 Å². The van der Waals surface area contributed by atoms with Crippen LogP contribution >= 0.6 is 0 Å². The molecule has 0 spiro atoms. The smallest absolute Gasteiger partial charge is 0.481 e. The molecule has 0 aliphatic rings. The fourth-order valence-corrected chi connectivity index (χ4v) is 1.26.